The number of carbonyl (C=O) groups excluding carboxylic acids is 1. The normalized spacial score (nSPS) is 11.4. The molecule has 1 aromatic carbocycles. The predicted molar refractivity (Wildman–Crippen MR) is 143 cm³/mol. The lowest BCUT2D eigenvalue weighted by Gasteiger charge is -2.11. The first-order valence-electron chi connectivity index (χ1n) is 11.6. The SMILES string of the molecule is Cc1ccc(Cn2c(=O)c3cc(C(=O)c4nc(-c5cccnc5)c5ccccn45)ccc3n(C)c2=O)s1. The van der Waals surface area contributed by atoms with Crippen LogP contribution in [-0.2, 0) is 13.6 Å². The molecule has 8 nitrogen and oxygen atoms in total. The van der Waals surface area contributed by atoms with Crippen LogP contribution in [0.1, 0.15) is 25.9 Å². The van der Waals surface area contributed by atoms with E-state index >= 15 is 0 Å². The van der Waals surface area contributed by atoms with E-state index < -0.39 is 11.2 Å². The van der Waals surface area contributed by atoms with Crippen LogP contribution in [0.3, 0.4) is 0 Å². The molecule has 0 spiro atoms. The molecule has 9 heteroatoms. The number of pyridine rings is 2. The standard InChI is InChI=1S/C28H21N5O3S/c1-17-8-10-20(37-17)16-33-27(35)21-14-18(9-11-22(21)31(2)28(33)36)25(34)26-30-24(19-6-5-12-29-15-19)23-7-3-4-13-32(23)26/h3-15H,16H2,1-2H3. The van der Waals surface area contributed by atoms with Gasteiger partial charge < -0.3 is 0 Å². The summed E-state index contributed by atoms with van der Waals surface area (Å²) in [5.74, 6) is -0.0973. The van der Waals surface area contributed by atoms with Crippen molar-refractivity contribution in [1.29, 1.82) is 0 Å². The van der Waals surface area contributed by atoms with Gasteiger partial charge in [-0.15, -0.1) is 11.3 Å². The summed E-state index contributed by atoms with van der Waals surface area (Å²) in [5, 5.41) is 0.301. The predicted octanol–water partition coefficient (Wildman–Crippen LogP) is 4.06. The molecule has 0 N–H and O–H groups in total. The minimum absolute atomic E-state index is 0.178. The lowest BCUT2D eigenvalue weighted by atomic mass is 10.1. The van der Waals surface area contributed by atoms with E-state index in [0.717, 1.165) is 20.8 Å². The molecular weight excluding hydrogens is 486 g/mol. The van der Waals surface area contributed by atoms with Gasteiger partial charge in [0.1, 0.15) is 0 Å². The molecule has 0 saturated carbocycles. The van der Waals surface area contributed by atoms with Crippen LogP contribution in [0.25, 0.3) is 27.7 Å². The number of thiophene rings is 1. The summed E-state index contributed by atoms with van der Waals surface area (Å²) in [6.45, 7) is 2.16. The highest BCUT2D eigenvalue weighted by Crippen LogP contribution is 2.26. The third kappa shape index (κ3) is 3.80. The van der Waals surface area contributed by atoms with Crippen molar-refractivity contribution in [3.63, 3.8) is 0 Å². The molecule has 0 atom stereocenters. The van der Waals surface area contributed by atoms with E-state index in [-0.39, 0.29) is 18.2 Å². The van der Waals surface area contributed by atoms with Gasteiger partial charge in [0.05, 0.1) is 28.7 Å². The Morgan fingerprint density at radius 3 is 2.62 bits per heavy atom. The highest BCUT2D eigenvalue weighted by molar-refractivity contribution is 7.11. The van der Waals surface area contributed by atoms with Crippen LogP contribution in [0.5, 0.6) is 0 Å². The summed E-state index contributed by atoms with van der Waals surface area (Å²) < 4.78 is 4.40. The molecule has 182 valence electrons. The Morgan fingerprint density at radius 1 is 1.00 bits per heavy atom. The molecule has 0 aliphatic carbocycles. The van der Waals surface area contributed by atoms with Crippen LogP contribution in [0.15, 0.2) is 88.8 Å². The number of benzene rings is 1. The fraction of sp³-hybridized carbons (Fsp3) is 0.107. The Bertz CT molecular complexity index is 1950. The monoisotopic (exact) mass is 507 g/mol. The highest BCUT2D eigenvalue weighted by Gasteiger charge is 2.21. The van der Waals surface area contributed by atoms with Gasteiger partial charge in [0, 0.05) is 46.5 Å². The quantitative estimate of drug-likeness (QED) is 0.328. The van der Waals surface area contributed by atoms with Crippen LogP contribution in [-0.4, -0.2) is 29.3 Å². The van der Waals surface area contributed by atoms with Gasteiger partial charge in [-0.1, -0.05) is 6.07 Å². The second kappa shape index (κ2) is 8.79. The number of rotatable bonds is 5. The van der Waals surface area contributed by atoms with E-state index in [4.69, 9.17) is 0 Å². The van der Waals surface area contributed by atoms with E-state index in [1.807, 2.05) is 49.4 Å². The molecule has 0 bridgehead atoms. The second-order valence-corrected chi connectivity index (χ2v) is 10.2. The van der Waals surface area contributed by atoms with Crippen molar-refractivity contribution in [2.45, 2.75) is 13.5 Å². The molecule has 0 fully saturated rings. The van der Waals surface area contributed by atoms with Crippen molar-refractivity contribution in [1.82, 2.24) is 23.5 Å². The number of ketones is 1. The molecular formula is C28H21N5O3S. The zero-order chi connectivity index (χ0) is 25.7. The number of fused-ring (bicyclic) bond motifs is 2. The van der Waals surface area contributed by atoms with Gasteiger partial charge in [0.25, 0.3) is 5.56 Å². The van der Waals surface area contributed by atoms with Crippen LogP contribution in [0, 0.1) is 6.92 Å². The Kier molecular flexibility index (Phi) is 5.42. The van der Waals surface area contributed by atoms with Crippen LogP contribution < -0.4 is 11.2 Å². The molecule has 0 amide bonds. The summed E-state index contributed by atoms with van der Waals surface area (Å²) in [4.78, 5) is 51.0. The molecule has 0 aliphatic heterocycles. The molecule has 6 rings (SSSR count). The lowest BCUT2D eigenvalue weighted by molar-refractivity contribution is 0.102. The Balaban J connectivity index is 1.49. The zero-order valence-corrected chi connectivity index (χ0v) is 20.9. The fourth-order valence-corrected chi connectivity index (χ4v) is 5.44. The van der Waals surface area contributed by atoms with E-state index in [1.54, 1.807) is 59.6 Å². The Hall–Kier alpha value is -4.63. The highest BCUT2D eigenvalue weighted by atomic mass is 32.1. The first-order chi connectivity index (χ1) is 17.9. The van der Waals surface area contributed by atoms with Crippen molar-refractivity contribution in [2.24, 2.45) is 7.05 Å². The molecule has 6 aromatic rings. The van der Waals surface area contributed by atoms with Crippen molar-refractivity contribution in [3.05, 3.63) is 121 Å². The Morgan fingerprint density at radius 2 is 1.86 bits per heavy atom. The minimum Gasteiger partial charge on any atom is -0.296 e. The largest absolute Gasteiger partial charge is 0.331 e. The number of hydrogen-bond acceptors (Lipinski definition) is 6. The smallest absolute Gasteiger partial charge is 0.296 e. The van der Waals surface area contributed by atoms with Gasteiger partial charge in [-0.05, 0) is 61.5 Å². The van der Waals surface area contributed by atoms with E-state index in [1.165, 1.54) is 9.13 Å². The van der Waals surface area contributed by atoms with Crippen molar-refractivity contribution < 1.29 is 4.79 Å². The third-order valence-corrected chi connectivity index (χ3v) is 7.40. The number of nitrogens with zero attached hydrogens (tertiary/aromatic N) is 5. The molecule has 5 heterocycles. The summed E-state index contributed by atoms with van der Waals surface area (Å²) >= 11 is 1.54. The van der Waals surface area contributed by atoms with Crippen molar-refractivity contribution >= 4 is 33.5 Å². The van der Waals surface area contributed by atoms with Crippen molar-refractivity contribution in [2.75, 3.05) is 0 Å². The van der Waals surface area contributed by atoms with Gasteiger partial charge in [-0.2, -0.15) is 0 Å². The second-order valence-electron chi connectivity index (χ2n) is 8.79. The average molecular weight is 508 g/mol. The summed E-state index contributed by atoms with van der Waals surface area (Å²) in [7, 11) is 1.63. The number of aromatic nitrogens is 5. The zero-order valence-electron chi connectivity index (χ0n) is 20.1. The van der Waals surface area contributed by atoms with E-state index in [9.17, 15) is 14.4 Å². The van der Waals surface area contributed by atoms with Gasteiger partial charge >= 0.3 is 5.69 Å². The maximum absolute atomic E-state index is 13.7. The number of aryl methyl sites for hydroxylation is 2. The summed E-state index contributed by atoms with van der Waals surface area (Å²) in [6, 6.07) is 18.0. The summed E-state index contributed by atoms with van der Waals surface area (Å²) in [5.41, 5.74) is 2.17. The van der Waals surface area contributed by atoms with E-state index in [2.05, 4.69) is 9.97 Å². The van der Waals surface area contributed by atoms with Gasteiger partial charge in [-0.25, -0.2) is 9.78 Å². The topological polar surface area (TPSA) is 91.3 Å². The van der Waals surface area contributed by atoms with Crippen LogP contribution in [0.2, 0.25) is 0 Å². The number of imidazole rings is 1. The molecule has 0 aliphatic rings. The molecule has 37 heavy (non-hydrogen) atoms. The molecule has 5 aromatic heterocycles. The summed E-state index contributed by atoms with van der Waals surface area (Å²) in [6.07, 6.45) is 5.18. The number of carbonyl (C=O) groups is 1. The van der Waals surface area contributed by atoms with Crippen LogP contribution >= 0.6 is 11.3 Å². The molecule has 0 unspecified atom stereocenters. The maximum Gasteiger partial charge on any atom is 0.331 e. The fourth-order valence-electron chi connectivity index (χ4n) is 4.57. The van der Waals surface area contributed by atoms with E-state index in [0.29, 0.717) is 22.2 Å². The maximum atomic E-state index is 13.7. The molecule has 0 radical (unpaired) electrons. The van der Waals surface area contributed by atoms with Crippen molar-refractivity contribution in [3.8, 4) is 11.3 Å². The number of hydrogen-bond donors (Lipinski definition) is 0. The van der Waals surface area contributed by atoms with Gasteiger partial charge in [0.15, 0.2) is 5.82 Å². The minimum atomic E-state index is -0.428. The van der Waals surface area contributed by atoms with Gasteiger partial charge in [0.2, 0.25) is 5.78 Å². The first-order valence-corrected chi connectivity index (χ1v) is 12.4. The Labute approximate surface area is 214 Å². The lowest BCUT2D eigenvalue weighted by Crippen LogP contribution is -2.39. The molecule has 0 saturated heterocycles. The first kappa shape index (κ1) is 22.8. The van der Waals surface area contributed by atoms with Gasteiger partial charge in [-0.3, -0.25) is 28.1 Å². The third-order valence-electron chi connectivity index (χ3n) is 6.41. The average Bonchev–Trinajstić information content (AvgIpc) is 3.53. The van der Waals surface area contributed by atoms with Crippen LogP contribution in [0.4, 0.5) is 0 Å².